The molecule has 5 nitrogen and oxygen atoms in total. The van der Waals surface area contributed by atoms with Crippen molar-refractivity contribution in [1.82, 2.24) is 0 Å². The van der Waals surface area contributed by atoms with Gasteiger partial charge in [-0.15, -0.1) is 0 Å². The summed E-state index contributed by atoms with van der Waals surface area (Å²) in [4.78, 5) is 28.3. The van der Waals surface area contributed by atoms with E-state index in [1.807, 2.05) is 12.1 Å². The molecule has 0 bridgehead atoms. The van der Waals surface area contributed by atoms with Crippen LogP contribution in [0.2, 0.25) is 0 Å². The molecule has 0 fully saturated rings. The summed E-state index contributed by atoms with van der Waals surface area (Å²) in [5.74, 6) is -0.259. The van der Waals surface area contributed by atoms with E-state index in [4.69, 9.17) is 4.74 Å². The number of ketones is 1. The molecule has 2 aromatic rings. The maximum atomic E-state index is 12.7. The summed E-state index contributed by atoms with van der Waals surface area (Å²) in [7, 11) is 0. The Morgan fingerprint density at radius 3 is 2.64 bits per heavy atom. The Labute approximate surface area is 146 Å². The zero-order chi connectivity index (χ0) is 18.2. The van der Waals surface area contributed by atoms with Crippen LogP contribution in [0, 0.1) is 0 Å². The number of fused-ring (bicyclic) bond motifs is 3. The first-order valence-corrected chi connectivity index (χ1v) is 8.26. The van der Waals surface area contributed by atoms with Gasteiger partial charge in [0.1, 0.15) is 11.5 Å². The van der Waals surface area contributed by atoms with Crippen LogP contribution in [0.25, 0.3) is 10.8 Å². The van der Waals surface area contributed by atoms with Crippen molar-refractivity contribution in [3.63, 3.8) is 0 Å². The fraction of sp³-hybridized carbons (Fsp3) is 0.350. The summed E-state index contributed by atoms with van der Waals surface area (Å²) in [6, 6.07) is 9.86. The molecular weight excluding hydrogens is 318 g/mol. The number of nitrogens with zero attached hydrogens (tertiary/aromatic N) is 1. The van der Waals surface area contributed by atoms with Crippen molar-refractivity contribution in [1.29, 1.82) is 0 Å². The average Bonchev–Trinajstić information content (AvgIpc) is 2.71. The summed E-state index contributed by atoms with van der Waals surface area (Å²) < 4.78 is 5.85. The molecule has 2 aromatic carbocycles. The first kappa shape index (κ1) is 17.1. The normalized spacial score (nSPS) is 16.3. The second-order valence-corrected chi connectivity index (χ2v) is 7.18. The third kappa shape index (κ3) is 3.40. The van der Waals surface area contributed by atoms with Crippen molar-refractivity contribution in [2.24, 2.45) is 5.16 Å². The van der Waals surface area contributed by atoms with Gasteiger partial charge in [0.05, 0.1) is 12.2 Å². The van der Waals surface area contributed by atoms with E-state index in [1.165, 1.54) is 12.5 Å². The maximum absolute atomic E-state index is 12.7. The summed E-state index contributed by atoms with van der Waals surface area (Å²) >= 11 is 0. The lowest BCUT2D eigenvalue weighted by Crippen LogP contribution is -2.15. The van der Waals surface area contributed by atoms with Crippen LogP contribution in [-0.4, -0.2) is 24.1 Å². The highest BCUT2D eigenvalue weighted by Gasteiger charge is 2.25. The minimum absolute atomic E-state index is 0.0432. The average molecular weight is 339 g/mol. The molecule has 0 amide bonds. The highest BCUT2D eigenvalue weighted by Crippen LogP contribution is 2.35. The van der Waals surface area contributed by atoms with Crippen LogP contribution in [-0.2, 0) is 15.0 Å². The molecule has 0 radical (unpaired) electrons. The molecule has 0 atom stereocenters. The molecule has 0 N–H and O–H groups in total. The van der Waals surface area contributed by atoms with Crippen molar-refractivity contribution in [3.05, 3.63) is 41.5 Å². The Morgan fingerprint density at radius 1 is 1.20 bits per heavy atom. The van der Waals surface area contributed by atoms with Gasteiger partial charge in [-0.1, -0.05) is 50.2 Å². The van der Waals surface area contributed by atoms with E-state index in [-0.39, 0.29) is 16.9 Å². The van der Waals surface area contributed by atoms with E-state index < -0.39 is 5.97 Å². The van der Waals surface area contributed by atoms with Crippen LogP contribution in [0.5, 0.6) is 5.75 Å². The monoisotopic (exact) mass is 339 g/mol. The largest absolute Gasteiger partial charge is 0.492 e. The summed E-state index contributed by atoms with van der Waals surface area (Å²) in [6.07, 6.45) is 0.294. The van der Waals surface area contributed by atoms with Crippen LogP contribution in [0.4, 0.5) is 0 Å². The van der Waals surface area contributed by atoms with Gasteiger partial charge >= 0.3 is 5.97 Å². The van der Waals surface area contributed by atoms with Gasteiger partial charge < -0.3 is 9.57 Å². The first-order chi connectivity index (χ1) is 11.8. The van der Waals surface area contributed by atoms with Crippen LogP contribution >= 0.6 is 0 Å². The van der Waals surface area contributed by atoms with E-state index in [0.717, 1.165) is 10.8 Å². The molecular formula is C20H21NO4. The highest BCUT2D eigenvalue weighted by atomic mass is 16.7. The number of rotatable bonds is 1. The summed E-state index contributed by atoms with van der Waals surface area (Å²) in [5, 5.41) is 5.61. The fourth-order valence-electron chi connectivity index (χ4n) is 2.83. The van der Waals surface area contributed by atoms with Crippen molar-refractivity contribution in [3.8, 4) is 5.75 Å². The zero-order valence-corrected chi connectivity index (χ0v) is 14.9. The van der Waals surface area contributed by atoms with Gasteiger partial charge in [-0.05, 0) is 22.4 Å². The number of benzene rings is 2. The van der Waals surface area contributed by atoms with Gasteiger partial charge in [0.25, 0.3) is 0 Å². The lowest BCUT2D eigenvalue weighted by atomic mass is 9.85. The molecule has 0 saturated heterocycles. The van der Waals surface area contributed by atoms with Crippen molar-refractivity contribution in [2.45, 2.75) is 39.5 Å². The van der Waals surface area contributed by atoms with E-state index in [0.29, 0.717) is 24.3 Å². The molecule has 0 aliphatic carbocycles. The van der Waals surface area contributed by atoms with Crippen molar-refractivity contribution >= 4 is 28.2 Å². The van der Waals surface area contributed by atoms with E-state index >= 15 is 0 Å². The fourth-order valence-corrected chi connectivity index (χ4v) is 2.83. The number of ether oxygens (including phenoxy) is 1. The molecule has 3 rings (SSSR count). The molecule has 0 unspecified atom stereocenters. The van der Waals surface area contributed by atoms with Gasteiger partial charge in [-0.25, -0.2) is 4.79 Å². The van der Waals surface area contributed by atoms with Crippen LogP contribution in [0.1, 0.15) is 50.0 Å². The molecule has 1 aliphatic rings. The lowest BCUT2D eigenvalue weighted by Gasteiger charge is -2.20. The lowest BCUT2D eigenvalue weighted by molar-refractivity contribution is -0.140. The topological polar surface area (TPSA) is 65.0 Å². The summed E-state index contributed by atoms with van der Waals surface area (Å²) in [6.45, 7) is 8.04. The Balaban J connectivity index is 2.09. The number of carbonyl (C=O) groups excluding carboxylic acids is 2. The molecule has 25 heavy (non-hydrogen) atoms. The first-order valence-electron chi connectivity index (χ1n) is 8.26. The van der Waals surface area contributed by atoms with Gasteiger partial charge in [0.2, 0.25) is 5.78 Å². The predicted molar refractivity (Wildman–Crippen MR) is 96.3 cm³/mol. The number of hydrogen-bond acceptors (Lipinski definition) is 5. The Kier molecular flexibility index (Phi) is 4.33. The smallest absolute Gasteiger partial charge is 0.331 e. The maximum Gasteiger partial charge on any atom is 0.331 e. The van der Waals surface area contributed by atoms with Gasteiger partial charge in [-0.2, -0.15) is 0 Å². The van der Waals surface area contributed by atoms with Gasteiger partial charge in [0, 0.05) is 18.7 Å². The number of oxime groups is 1. The molecule has 1 aliphatic heterocycles. The highest BCUT2D eigenvalue weighted by molar-refractivity contribution is 6.47. The Morgan fingerprint density at radius 2 is 1.96 bits per heavy atom. The van der Waals surface area contributed by atoms with E-state index in [9.17, 15) is 9.59 Å². The number of carbonyl (C=O) groups is 2. The van der Waals surface area contributed by atoms with Crippen LogP contribution < -0.4 is 4.74 Å². The Bertz CT molecular complexity index is 890. The number of Topliss-reactive ketones (excluding diaryl/α,β-unsaturated/α-hetero) is 1. The second kappa shape index (κ2) is 6.31. The van der Waals surface area contributed by atoms with Gasteiger partial charge in [-0.3, -0.25) is 4.79 Å². The second-order valence-electron chi connectivity index (χ2n) is 7.18. The molecule has 130 valence electrons. The van der Waals surface area contributed by atoms with E-state index in [1.54, 1.807) is 6.07 Å². The minimum atomic E-state index is -0.557. The molecule has 1 heterocycles. The van der Waals surface area contributed by atoms with E-state index in [2.05, 4.69) is 42.9 Å². The zero-order valence-electron chi connectivity index (χ0n) is 14.9. The quantitative estimate of drug-likeness (QED) is 0.581. The third-order valence-corrected chi connectivity index (χ3v) is 4.21. The summed E-state index contributed by atoms with van der Waals surface area (Å²) in [5.41, 5.74) is 1.90. The van der Waals surface area contributed by atoms with Crippen LogP contribution in [0.15, 0.2) is 35.5 Å². The Hall–Kier alpha value is -2.69. The molecule has 5 heteroatoms. The van der Waals surface area contributed by atoms with Crippen molar-refractivity contribution < 1.29 is 19.2 Å². The molecule has 0 aromatic heterocycles. The third-order valence-electron chi connectivity index (χ3n) is 4.21. The number of hydrogen-bond donors (Lipinski definition) is 0. The molecule has 0 spiro atoms. The SMILES string of the molecule is CC(=O)O/N=C1\CCOc2c(ccc3cc(C(C)(C)C)ccc23)C1=O. The van der Waals surface area contributed by atoms with Crippen LogP contribution in [0.3, 0.4) is 0 Å². The minimum Gasteiger partial charge on any atom is -0.492 e. The molecule has 0 saturated carbocycles. The van der Waals surface area contributed by atoms with Crippen molar-refractivity contribution in [2.75, 3.05) is 6.61 Å². The van der Waals surface area contributed by atoms with Gasteiger partial charge in [0.15, 0.2) is 0 Å². The predicted octanol–water partition coefficient (Wildman–Crippen LogP) is 4.02. The standard InChI is InChI=1S/C20H21NO4/c1-12(22)25-21-17-9-10-24-19-15-8-6-14(20(2,3)4)11-13(15)5-7-16(19)18(17)23/h5-8,11H,9-10H2,1-4H3/b21-17+.